The molecule has 0 bridgehead atoms. The standard InChI is InChI=1S/C17H16N6O2/c24-15-9-12(10-22(15)11-13-5-1-3-7-18-13)16(25)20-17-19-14-6-2-4-8-23(14)21-17/h1-8,12H,9-11H2,(H,20,21,25). The minimum absolute atomic E-state index is 0.0474. The van der Waals surface area contributed by atoms with Gasteiger partial charge in [-0.3, -0.25) is 19.9 Å². The molecule has 4 rings (SSSR count). The van der Waals surface area contributed by atoms with Crippen LogP contribution in [0.4, 0.5) is 5.95 Å². The number of pyridine rings is 2. The summed E-state index contributed by atoms with van der Waals surface area (Å²) in [6, 6.07) is 11.0. The third kappa shape index (κ3) is 3.18. The SMILES string of the molecule is O=C(Nc1nc2ccccn2n1)C1CC(=O)N(Cc2ccccn2)C1. The Labute approximate surface area is 143 Å². The van der Waals surface area contributed by atoms with Gasteiger partial charge in [0, 0.05) is 25.4 Å². The Morgan fingerprint density at radius 1 is 1.24 bits per heavy atom. The van der Waals surface area contributed by atoms with Crippen molar-refractivity contribution in [2.45, 2.75) is 13.0 Å². The maximum atomic E-state index is 12.4. The van der Waals surface area contributed by atoms with Gasteiger partial charge in [0.15, 0.2) is 5.65 Å². The van der Waals surface area contributed by atoms with E-state index in [1.54, 1.807) is 27.9 Å². The molecule has 1 aliphatic heterocycles. The number of carbonyl (C=O) groups excluding carboxylic acids is 2. The third-order valence-corrected chi connectivity index (χ3v) is 4.14. The average Bonchev–Trinajstić information content (AvgIpc) is 3.19. The van der Waals surface area contributed by atoms with Crippen LogP contribution in [0.5, 0.6) is 0 Å². The van der Waals surface area contributed by atoms with Gasteiger partial charge in [-0.05, 0) is 24.3 Å². The van der Waals surface area contributed by atoms with Crippen LogP contribution < -0.4 is 5.32 Å². The second-order valence-corrected chi connectivity index (χ2v) is 5.92. The highest BCUT2D eigenvalue weighted by atomic mass is 16.2. The molecule has 8 nitrogen and oxygen atoms in total. The Morgan fingerprint density at radius 2 is 2.12 bits per heavy atom. The minimum atomic E-state index is -0.414. The average molecular weight is 336 g/mol. The predicted octanol–water partition coefficient (Wildman–Crippen LogP) is 1.11. The predicted molar refractivity (Wildman–Crippen MR) is 89.4 cm³/mol. The molecule has 1 atom stereocenters. The van der Waals surface area contributed by atoms with Gasteiger partial charge in [-0.15, -0.1) is 5.10 Å². The summed E-state index contributed by atoms with van der Waals surface area (Å²) in [4.78, 5) is 34.7. The number of fused-ring (bicyclic) bond motifs is 1. The lowest BCUT2D eigenvalue weighted by atomic mass is 10.1. The van der Waals surface area contributed by atoms with Crippen molar-refractivity contribution in [3.05, 3.63) is 54.5 Å². The Hall–Kier alpha value is -3.29. The molecule has 3 aromatic rings. The minimum Gasteiger partial charge on any atom is -0.336 e. The zero-order chi connectivity index (χ0) is 17.2. The highest BCUT2D eigenvalue weighted by Gasteiger charge is 2.34. The van der Waals surface area contributed by atoms with Crippen molar-refractivity contribution < 1.29 is 9.59 Å². The lowest BCUT2D eigenvalue weighted by Gasteiger charge is -2.15. The fraction of sp³-hybridized carbons (Fsp3) is 0.235. The van der Waals surface area contributed by atoms with Crippen LogP contribution in [-0.4, -0.2) is 42.8 Å². The number of aromatic nitrogens is 4. The largest absolute Gasteiger partial charge is 0.336 e. The number of anilines is 1. The van der Waals surface area contributed by atoms with Crippen LogP contribution in [0, 0.1) is 5.92 Å². The van der Waals surface area contributed by atoms with Gasteiger partial charge >= 0.3 is 0 Å². The molecule has 8 heteroatoms. The van der Waals surface area contributed by atoms with E-state index in [2.05, 4.69) is 20.4 Å². The molecular weight excluding hydrogens is 320 g/mol. The van der Waals surface area contributed by atoms with E-state index in [4.69, 9.17) is 0 Å². The van der Waals surface area contributed by atoms with Gasteiger partial charge in [-0.1, -0.05) is 12.1 Å². The fourth-order valence-corrected chi connectivity index (χ4v) is 2.88. The normalized spacial score (nSPS) is 17.2. The Morgan fingerprint density at radius 3 is 2.92 bits per heavy atom. The van der Waals surface area contributed by atoms with Crippen molar-refractivity contribution in [1.29, 1.82) is 0 Å². The second-order valence-electron chi connectivity index (χ2n) is 5.92. The molecule has 0 aromatic carbocycles. The molecule has 126 valence electrons. The number of amides is 2. The molecule has 1 saturated heterocycles. The van der Waals surface area contributed by atoms with E-state index in [0.717, 1.165) is 5.69 Å². The number of likely N-dealkylation sites (tertiary alicyclic amines) is 1. The molecule has 3 aromatic heterocycles. The molecule has 0 spiro atoms. The van der Waals surface area contributed by atoms with Crippen molar-refractivity contribution >= 4 is 23.4 Å². The van der Waals surface area contributed by atoms with Gasteiger partial charge in [0.05, 0.1) is 18.2 Å². The lowest BCUT2D eigenvalue weighted by Crippen LogP contribution is -2.28. The smallest absolute Gasteiger partial charge is 0.249 e. The summed E-state index contributed by atoms with van der Waals surface area (Å²) in [6.07, 6.45) is 3.63. The molecule has 1 N–H and O–H groups in total. The molecule has 2 amide bonds. The summed E-state index contributed by atoms with van der Waals surface area (Å²) in [5.74, 6) is -0.462. The molecule has 4 heterocycles. The first-order valence-corrected chi connectivity index (χ1v) is 7.99. The topological polar surface area (TPSA) is 92.5 Å². The molecule has 1 unspecified atom stereocenters. The summed E-state index contributed by atoms with van der Waals surface area (Å²) in [5, 5.41) is 6.90. The van der Waals surface area contributed by atoms with Gasteiger partial charge < -0.3 is 4.90 Å². The zero-order valence-corrected chi connectivity index (χ0v) is 13.4. The first-order valence-electron chi connectivity index (χ1n) is 7.99. The van der Waals surface area contributed by atoms with Gasteiger partial charge in [0.2, 0.25) is 17.8 Å². The summed E-state index contributed by atoms with van der Waals surface area (Å²) < 4.78 is 1.59. The highest BCUT2D eigenvalue weighted by molar-refractivity contribution is 5.96. The van der Waals surface area contributed by atoms with Crippen molar-refractivity contribution in [1.82, 2.24) is 24.5 Å². The van der Waals surface area contributed by atoms with Crippen LogP contribution in [0.15, 0.2) is 48.8 Å². The van der Waals surface area contributed by atoms with Gasteiger partial charge in [-0.25, -0.2) is 4.52 Å². The van der Waals surface area contributed by atoms with E-state index in [1.165, 1.54) is 0 Å². The van der Waals surface area contributed by atoms with Crippen LogP contribution >= 0.6 is 0 Å². The quantitative estimate of drug-likeness (QED) is 0.770. The molecular formula is C17H16N6O2. The van der Waals surface area contributed by atoms with E-state index < -0.39 is 5.92 Å². The lowest BCUT2D eigenvalue weighted by molar-refractivity contribution is -0.128. The summed E-state index contributed by atoms with van der Waals surface area (Å²) in [5.41, 5.74) is 1.45. The molecule has 0 radical (unpaired) electrons. The fourth-order valence-electron chi connectivity index (χ4n) is 2.88. The molecule has 1 aliphatic rings. The maximum Gasteiger partial charge on any atom is 0.249 e. The highest BCUT2D eigenvalue weighted by Crippen LogP contribution is 2.21. The van der Waals surface area contributed by atoms with E-state index in [0.29, 0.717) is 18.7 Å². The van der Waals surface area contributed by atoms with Crippen LogP contribution in [0.2, 0.25) is 0 Å². The first-order chi connectivity index (χ1) is 12.2. The number of hydrogen-bond donors (Lipinski definition) is 1. The molecule has 0 aliphatic carbocycles. The van der Waals surface area contributed by atoms with E-state index in [-0.39, 0.29) is 24.2 Å². The van der Waals surface area contributed by atoms with Crippen molar-refractivity contribution in [3.8, 4) is 0 Å². The number of carbonyl (C=O) groups is 2. The van der Waals surface area contributed by atoms with E-state index in [9.17, 15) is 9.59 Å². The van der Waals surface area contributed by atoms with E-state index >= 15 is 0 Å². The first kappa shape index (κ1) is 15.3. The summed E-state index contributed by atoms with van der Waals surface area (Å²) in [7, 11) is 0. The number of rotatable bonds is 4. The Balaban J connectivity index is 1.41. The van der Waals surface area contributed by atoms with Crippen LogP contribution in [0.1, 0.15) is 12.1 Å². The Bertz CT molecular complexity index is 890. The maximum absolute atomic E-state index is 12.4. The van der Waals surface area contributed by atoms with Crippen molar-refractivity contribution in [2.75, 3.05) is 11.9 Å². The van der Waals surface area contributed by atoms with Crippen molar-refractivity contribution in [2.24, 2.45) is 5.92 Å². The zero-order valence-electron chi connectivity index (χ0n) is 13.4. The molecule has 25 heavy (non-hydrogen) atoms. The molecule has 0 saturated carbocycles. The van der Waals surface area contributed by atoms with Crippen molar-refractivity contribution in [3.63, 3.8) is 0 Å². The summed E-state index contributed by atoms with van der Waals surface area (Å²) >= 11 is 0. The monoisotopic (exact) mass is 336 g/mol. The Kier molecular flexibility index (Phi) is 3.85. The summed E-state index contributed by atoms with van der Waals surface area (Å²) in [6.45, 7) is 0.782. The van der Waals surface area contributed by atoms with E-state index in [1.807, 2.05) is 30.3 Å². The van der Waals surface area contributed by atoms with Crippen LogP contribution in [0.3, 0.4) is 0 Å². The van der Waals surface area contributed by atoms with Gasteiger partial charge in [0.1, 0.15) is 0 Å². The third-order valence-electron chi connectivity index (χ3n) is 4.14. The van der Waals surface area contributed by atoms with Crippen LogP contribution in [-0.2, 0) is 16.1 Å². The number of nitrogens with one attached hydrogen (secondary N) is 1. The van der Waals surface area contributed by atoms with Crippen LogP contribution in [0.25, 0.3) is 5.65 Å². The molecule has 1 fully saturated rings. The number of hydrogen-bond acceptors (Lipinski definition) is 5. The number of nitrogens with zero attached hydrogens (tertiary/aromatic N) is 5. The van der Waals surface area contributed by atoms with Gasteiger partial charge in [-0.2, -0.15) is 4.98 Å². The second kappa shape index (κ2) is 6.31. The van der Waals surface area contributed by atoms with Gasteiger partial charge in [0.25, 0.3) is 0 Å².